The summed E-state index contributed by atoms with van der Waals surface area (Å²) in [5, 5.41) is 16.6. The summed E-state index contributed by atoms with van der Waals surface area (Å²) in [5.41, 5.74) is 6.43. The fraction of sp³-hybridized carbons (Fsp3) is 0.208. The first-order valence-electron chi connectivity index (χ1n) is 9.91. The molecule has 0 aromatic heterocycles. The number of hydrogen-bond donors (Lipinski definition) is 2. The number of nitrogens with one attached hydrogen (secondary N) is 1. The third-order valence-electron chi connectivity index (χ3n) is 5.92. The Bertz CT molecular complexity index is 976. The molecule has 0 amide bonds. The first-order chi connectivity index (χ1) is 13.8. The molecule has 3 aromatic carbocycles. The van der Waals surface area contributed by atoms with E-state index in [1.807, 2.05) is 18.2 Å². The van der Waals surface area contributed by atoms with E-state index in [-0.39, 0.29) is 5.75 Å². The van der Waals surface area contributed by atoms with Crippen molar-refractivity contribution in [3.63, 3.8) is 0 Å². The molecule has 3 aromatic rings. The minimum absolute atomic E-state index is 0.273. The van der Waals surface area contributed by atoms with Crippen molar-refractivity contribution in [2.45, 2.75) is 6.04 Å². The van der Waals surface area contributed by atoms with Crippen molar-refractivity contribution in [2.24, 2.45) is 5.10 Å². The average Bonchev–Trinajstić information content (AvgIpc) is 3.08. The van der Waals surface area contributed by atoms with E-state index in [0.29, 0.717) is 6.04 Å². The van der Waals surface area contributed by atoms with E-state index in [4.69, 9.17) is 0 Å². The lowest BCUT2D eigenvalue weighted by molar-refractivity contribution is -0.929. The fourth-order valence-corrected chi connectivity index (χ4v) is 4.52. The highest BCUT2D eigenvalue weighted by atomic mass is 16.3. The molecule has 4 nitrogen and oxygen atoms in total. The largest absolute Gasteiger partial charge is 0.507 e. The third kappa shape index (κ3) is 2.96. The summed E-state index contributed by atoms with van der Waals surface area (Å²) < 4.78 is 0. The van der Waals surface area contributed by atoms with E-state index in [2.05, 4.69) is 58.6 Å². The predicted molar refractivity (Wildman–Crippen MR) is 112 cm³/mol. The van der Waals surface area contributed by atoms with Crippen LogP contribution in [-0.4, -0.2) is 42.5 Å². The Morgan fingerprint density at radius 3 is 2.04 bits per heavy atom. The molecular formula is C24H24N3O+. The molecule has 1 fully saturated rings. The highest BCUT2D eigenvalue weighted by Crippen LogP contribution is 2.41. The molecule has 140 valence electrons. The van der Waals surface area contributed by atoms with Crippen LogP contribution in [-0.2, 0) is 0 Å². The van der Waals surface area contributed by atoms with Crippen LogP contribution in [0.5, 0.6) is 5.75 Å². The summed E-state index contributed by atoms with van der Waals surface area (Å²) in [6, 6.07) is 25.4. The van der Waals surface area contributed by atoms with Crippen molar-refractivity contribution in [2.75, 3.05) is 26.2 Å². The average molecular weight is 370 g/mol. The van der Waals surface area contributed by atoms with Crippen molar-refractivity contribution in [1.29, 1.82) is 0 Å². The van der Waals surface area contributed by atoms with Crippen LogP contribution in [0.25, 0.3) is 11.1 Å². The maximum atomic E-state index is 9.90. The molecule has 5 rings (SSSR count). The van der Waals surface area contributed by atoms with E-state index in [9.17, 15) is 5.11 Å². The van der Waals surface area contributed by atoms with Gasteiger partial charge in [0.05, 0.1) is 32.4 Å². The molecule has 1 aliphatic heterocycles. The zero-order valence-electron chi connectivity index (χ0n) is 15.8. The summed E-state index contributed by atoms with van der Waals surface area (Å²) in [7, 11) is 0. The Morgan fingerprint density at radius 1 is 0.821 bits per heavy atom. The van der Waals surface area contributed by atoms with Gasteiger partial charge in [-0.05, 0) is 23.3 Å². The van der Waals surface area contributed by atoms with Gasteiger partial charge < -0.3 is 10.0 Å². The van der Waals surface area contributed by atoms with Crippen LogP contribution in [0.4, 0.5) is 0 Å². The van der Waals surface area contributed by atoms with Crippen LogP contribution in [0.3, 0.4) is 0 Å². The van der Waals surface area contributed by atoms with Gasteiger partial charge in [0.25, 0.3) is 0 Å². The van der Waals surface area contributed by atoms with Gasteiger partial charge in [-0.2, -0.15) is 5.10 Å². The van der Waals surface area contributed by atoms with Crippen LogP contribution in [0.15, 0.2) is 77.9 Å². The molecule has 0 atom stereocenters. The second-order valence-corrected chi connectivity index (χ2v) is 7.52. The van der Waals surface area contributed by atoms with Gasteiger partial charge in [0.2, 0.25) is 0 Å². The quantitative estimate of drug-likeness (QED) is 0.696. The van der Waals surface area contributed by atoms with Gasteiger partial charge in [0.15, 0.2) is 0 Å². The van der Waals surface area contributed by atoms with Crippen LogP contribution >= 0.6 is 0 Å². The summed E-state index contributed by atoms with van der Waals surface area (Å²) in [6.45, 7) is 3.93. The van der Waals surface area contributed by atoms with E-state index >= 15 is 0 Å². The van der Waals surface area contributed by atoms with Crippen molar-refractivity contribution < 1.29 is 10.0 Å². The zero-order chi connectivity index (χ0) is 18.9. The molecule has 0 spiro atoms. The Kier molecular flexibility index (Phi) is 4.34. The Morgan fingerprint density at radius 2 is 1.39 bits per heavy atom. The first kappa shape index (κ1) is 17.0. The molecule has 2 N–H and O–H groups in total. The smallest absolute Gasteiger partial charge is 0.140 e. The highest BCUT2D eigenvalue weighted by molar-refractivity contribution is 5.83. The van der Waals surface area contributed by atoms with E-state index in [1.54, 1.807) is 17.2 Å². The minimum Gasteiger partial charge on any atom is -0.507 e. The summed E-state index contributed by atoms with van der Waals surface area (Å²) in [6.07, 6.45) is 1.76. The normalized spacial score (nSPS) is 17.1. The van der Waals surface area contributed by atoms with Gasteiger partial charge in [-0.15, -0.1) is 0 Å². The number of hydrogen-bond acceptors (Lipinski definition) is 3. The molecule has 2 aliphatic rings. The standard InChI is InChI=1S/C24H23N3O/c28-23-12-6-1-7-18(23)17-25-27-15-13-26(14-16-27)24-21-10-4-2-8-19(21)20-9-3-5-11-22(20)24/h1-12,17,24,28H,13-16H2/p+1/b25-17+. The number of fused-ring (bicyclic) bond motifs is 3. The fourth-order valence-electron chi connectivity index (χ4n) is 4.52. The van der Waals surface area contributed by atoms with E-state index in [0.717, 1.165) is 31.7 Å². The molecule has 1 saturated heterocycles. The number of piperazine rings is 1. The van der Waals surface area contributed by atoms with Crippen LogP contribution < -0.4 is 4.90 Å². The minimum atomic E-state index is 0.273. The zero-order valence-corrected chi connectivity index (χ0v) is 15.8. The molecule has 0 bridgehead atoms. The number of phenolic OH excluding ortho intramolecular Hbond substituents is 1. The van der Waals surface area contributed by atoms with E-state index in [1.165, 1.54) is 22.3 Å². The maximum absolute atomic E-state index is 9.90. The topological polar surface area (TPSA) is 40.3 Å². The molecular weight excluding hydrogens is 346 g/mol. The van der Waals surface area contributed by atoms with Crippen molar-refractivity contribution >= 4 is 6.21 Å². The Hall–Kier alpha value is -3.11. The number of hydrazone groups is 1. The number of para-hydroxylation sites is 1. The molecule has 0 radical (unpaired) electrons. The molecule has 0 unspecified atom stereocenters. The van der Waals surface area contributed by atoms with Gasteiger partial charge in [0, 0.05) is 16.7 Å². The second kappa shape index (κ2) is 7.13. The number of rotatable bonds is 3. The lowest BCUT2D eigenvalue weighted by Crippen LogP contribution is -3.14. The lowest BCUT2D eigenvalue weighted by Gasteiger charge is -2.34. The molecule has 0 saturated carbocycles. The lowest BCUT2D eigenvalue weighted by atomic mass is 10.0. The number of nitrogens with zero attached hydrogens (tertiary/aromatic N) is 2. The summed E-state index contributed by atoms with van der Waals surface area (Å²) >= 11 is 0. The van der Waals surface area contributed by atoms with Crippen LogP contribution in [0.1, 0.15) is 22.7 Å². The monoisotopic (exact) mass is 370 g/mol. The summed E-state index contributed by atoms with van der Waals surface area (Å²) in [4.78, 5) is 1.60. The number of benzene rings is 3. The van der Waals surface area contributed by atoms with Crippen LogP contribution in [0.2, 0.25) is 0 Å². The molecule has 28 heavy (non-hydrogen) atoms. The van der Waals surface area contributed by atoms with Crippen molar-refractivity contribution in [1.82, 2.24) is 5.01 Å². The van der Waals surface area contributed by atoms with E-state index < -0.39 is 0 Å². The van der Waals surface area contributed by atoms with Gasteiger partial charge in [0.1, 0.15) is 11.8 Å². The molecule has 4 heteroatoms. The van der Waals surface area contributed by atoms with Gasteiger partial charge in [-0.1, -0.05) is 60.7 Å². The third-order valence-corrected chi connectivity index (χ3v) is 5.92. The predicted octanol–water partition coefficient (Wildman–Crippen LogP) is 2.70. The highest BCUT2D eigenvalue weighted by Gasteiger charge is 2.37. The molecule has 1 heterocycles. The number of aromatic hydroxyl groups is 1. The summed E-state index contributed by atoms with van der Waals surface area (Å²) in [5.74, 6) is 0.273. The first-order valence-corrected chi connectivity index (χ1v) is 9.91. The van der Waals surface area contributed by atoms with Gasteiger partial charge in [-0.25, -0.2) is 0 Å². The SMILES string of the molecule is Oc1ccccc1/C=N/N1CC[NH+](C2c3ccccc3-c3ccccc32)CC1. The van der Waals surface area contributed by atoms with Gasteiger partial charge in [-0.3, -0.25) is 5.01 Å². The van der Waals surface area contributed by atoms with Crippen molar-refractivity contribution in [3.05, 3.63) is 89.5 Å². The Labute approximate surface area is 165 Å². The molecule has 1 aliphatic carbocycles. The van der Waals surface area contributed by atoms with Crippen LogP contribution in [0, 0.1) is 0 Å². The number of quaternary nitrogens is 1. The second-order valence-electron chi connectivity index (χ2n) is 7.52. The van der Waals surface area contributed by atoms with Gasteiger partial charge >= 0.3 is 0 Å². The maximum Gasteiger partial charge on any atom is 0.140 e. The number of phenols is 1. The van der Waals surface area contributed by atoms with Crippen molar-refractivity contribution in [3.8, 4) is 16.9 Å². The Balaban J connectivity index is 1.33.